The third-order valence-electron chi connectivity index (χ3n) is 9.90. The Bertz CT molecular complexity index is 3050. The van der Waals surface area contributed by atoms with E-state index >= 15 is 0 Å². The molecule has 52 heavy (non-hydrogen) atoms. The molecule has 0 amide bonds. The maximum atomic E-state index is 6.21. The number of furan rings is 1. The van der Waals surface area contributed by atoms with Crippen molar-refractivity contribution in [3.63, 3.8) is 0 Å². The fraction of sp³-hybridized carbons (Fsp3) is 0. The molecule has 0 aliphatic rings. The first kappa shape index (κ1) is 31.5. The standard InChI is InChI=1S/C45H26GeN3OS.Pd/c1-4-14-29(15-5-1)30-24-25-40-36(26-30)39(28-50-40)48-37-22-12-10-20-33(37)35-27-41-42(47-45(35)48)43-44(51-41)34-21-11-13-23-38(34)49(43)46(31-16-6-2-7-17-31)32-18-8-3-9-19-32;/h1-14,16-25,27-28H;/q-2;+2. The van der Waals surface area contributed by atoms with E-state index in [0.29, 0.717) is 0 Å². The summed E-state index contributed by atoms with van der Waals surface area (Å²) in [6.07, 6.45) is 1.85. The molecule has 7 heteroatoms. The van der Waals surface area contributed by atoms with E-state index in [9.17, 15) is 0 Å². The molecule has 11 rings (SSSR count). The summed E-state index contributed by atoms with van der Waals surface area (Å²) >= 11 is -0.536. The Morgan fingerprint density at radius 1 is 0.654 bits per heavy atom. The minimum absolute atomic E-state index is 0. The Kier molecular flexibility index (Phi) is 7.56. The van der Waals surface area contributed by atoms with E-state index in [-0.39, 0.29) is 20.4 Å². The fourth-order valence-corrected chi connectivity index (χ4v) is 14.8. The molecule has 247 valence electrons. The molecule has 1 radical (unpaired) electrons. The van der Waals surface area contributed by atoms with Gasteiger partial charge in [0.1, 0.15) is 0 Å². The number of para-hydroxylation sites is 2. The molecule has 0 fully saturated rings. The van der Waals surface area contributed by atoms with Crippen LogP contribution >= 0.6 is 11.3 Å². The second-order valence-electron chi connectivity index (χ2n) is 12.8. The van der Waals surface area contributed by atoms with Gasteiger partial charge in [-0.3, -0.25) is 0 Å². The second kappa shape index (κ2) is 12.5. The first-order valence-corrected chi connectivity index (χ1v) is 20.8. The van der Waals surface area contributed by atoms with E-state index in [1.165, 1.54) is 34.6 Å². The monoisotopic (exact) mass is 836 g/mol. The summed E-state index contributed by atoms with van der Waals surface area (Å²) in [5, 5.41) is 4.49. The van der Waals surface area contributed by atoms with E-state index < -0.39 is 14.6 Å². The molecule has 0 aliphatic carbocycles. The van der Waals surface area contributed by atoms with Gasteiger partial charge in [0.25, 0.3) is 0 Å². The number of benzene rings is 6. The maximum absolute atomic E-state index is 6.21. The van der Waals surface area contributed by atoms with E-state index in [1.54, 1.807) is 0 Å². The van der Waals surface area contributed by atoms with E-state index in [1.807, 2.05) is 41.9 Å². The van der Waals surface area contributed by atoms with Gasteiger partial charge in [-0.25, -0.2) is 0 Å². The molecule has 6 aromatic carbocycles. The summed E-state index contributed by atoms with van der Waals surface area (Å²) < 4.78 is 16.4. The number of rotatable bonds is 5. The summed E-state index contributed by atoms with van der Waals surface area (Å²) in [5.74, 6) is 0. The number of pyridine rings is 1. The third kappa shape index (κ3) is 4.72. The molecule has 0 atom stereocenters. The first-order chi connectivity index (χ1) is 25.3. The van der Waals surface area contributed by atoms with Gasteiger partial charge in [-0.15, -0.1) is 6.07 Å². The van der Waals surface area contributed by atoms with Crippen molar-refractivity contribution in [3.8, 4) is 16.8 Å². The molecular formula is C45H26GeN3OPdS. The average molecular weight is 836 g/mol. The Hall–Kier alpha value is -5.22. The van der Waals surface area contributed by atoms with Crippen LogP contribution in [0.3, 0.4) is 0 Å². The Balaban J connectivity index is 0.00000338. The minimum atomic E-state index is -2.39. The molecule has 0 unspecified atom stereocenters. The van der Waals surface area contributed by atoms with E-state index in [2.05, 4.69) is 148 Å². The zero-order valence-corrected chi connectivity index (χ0v) is 32.0. The second-order valence-corrected chi connectivity index (χ2v) is 18.7. The molecule has 0 saturated carbocycles. The van der Waals surface area contributed by atoms with Gasteiger partial charge in [0.15, 0.2) is 0 Å². The summed E-state index contributed by atoms with van der Waals surface area (Å²) in [6, 6.07) is 61.2. The molecule has 0 aliphatic heterocycles. The Morgan fingerprint density at radius 3 is 2.10 bits per heavy atom. The van der Waals surface area contributed by atoms with Crippen LogP contribution in [0.5, 0.6) is 0 Å². The van der Waals surface area contributed by atoms with Crippen molar-refractivity contribution < 1.29 is 24.8 Å². The molecule has 4 nitrogen and oxygen atoms in total. The van der Waals surface area contributed by atoms with Crippen LogP contribution in [-0.4, -0.2) is 27.6 Å². The molecule has 0 saturated heterocycles. The van der Waals surface area contributed by atoms with Gasteiger partial charge in [-0.05, 0) is 0 Å². The first-order valence-electron chi connectivity index (χ1n) is 17.0. The number of hydrogen-bond donors (Lipinski definition) is 0. The van der Waals surface area contributed by atoms with Gasteiger partial charge in [-0.2, -0.15) is 12.1 Å². The third-order valence-corrected chi connectivity index (χ3v) is 16.7. The summed E-state index contributed by atoms with van der Waals surface area (Å²) in [4.78, 5) is 5.69. The Labute approximate surface area is 321 Å². The SMILES string of the molecule is [Pd+2].[c-]1ccccc1-c1[c-]c2c(-n3c4ccccc4c4cc5sc6c7ccccc7[n]([Ge]([c]7ccccc7)[c]7ccccc7)c6c5nc43)coc2cc1. The number of fused-ring (bicyclic) bond motifs is 9. The van der Waals surface area contributed by atoms with Crippen LogP contribution < -0.4 is 8.79 Å². The molecule has 5 aromatic heterocycles. The van der Waals surface area contributed by atoms with E-state index in [4.69, 9.17) is 9.40 Å². The zero-order valence-electron chi connectivity index (χ0n) is 27.5. The summed E-state index contributed by atoms with van der Waals surface area (Å²) in [6.45, 7) is 0. The molecule has 11 aromatic rings. The van der Waals surface area contributed by atoms with Gasteiger partial charge in [0.05, 0.1) is 0 Å². The summed E-state index contributed by atoms with van der Waals surface area (Å²) in [7, 11) is 0. The molecule has 0 bridgehead atoms. The quantitative estimate of drug-likeness (QED) is 0.128. The average Bonchev–Trinajstić information content (AvgIpc) is 3.94. The van der Waals surface area contributed by atoms with Crippen LogP contribution in [0.15, 0.2) is 162 Å². The van der Waals surface area contributed by atoms with Crippen molar-refractivity contribution in [1.82, 2.24) is 13.1 Å². The normalized spacial score (nSPS) is 11.9. The van der Waals surface area contributed by atoms with Gasteiger partial charge in [0.2, 0.25) is 0 Å². The number of thiophene rings is 1. The van der Waals surface area contributed by atoms with Crippen molar-refractivity contribution in [2.75, 3.05) is 0 Å². The van der Waals surface area contributed by atoms with Crippen molar-refractivity contribution in [3.05, 3.63) is 170 Å². The van der Waals surface area contributed by atoms with Crippen LogP contribution in [0.4, 0.5) is 0 Å². The molecule has 0 spiro atoms. The zero-order chi connectivity index (χ0) is 33.5. The van der Waals surface area contributed by atoms with E-state index in [0.717, 1.165) is 55.2 Å². The summed E-state index contributed by atoms with van der Waals surface area (Å²) in [5.41, 5.74) is 9.22. The molecule has 0 N–H and O–H groups in total. The van der Waals surface area contributed by atoms with Crippen LogP contribution in [0, 0.1) is 12.1 Å². The number of hydrogen-bond acceptors (Lipinski definition) is 3. The van der Waals surface area contributed by atoms with Crippen LogP contribution in [0.25, 0.3) is 81.1 Å². The van der Waals surface area contributed by atoms with Crippen molar-refractivity contribution in [2.45, 2.75) is 0 Å². The fourth-order valence-electron chi connectivity index (χ4n) is 7.67. The van der Waals surface area contributed by atoms with Gasteiger partial charge >= 0.3 is 306 Å². The van der Waals surface area contributed by atoms with Crippen LogP contribution in [-0.2, 0) is 20.4 Å². The van der Waals surface area contributed by atoms with Crippen LogP contribution in [0.1, 0.15) is 0 Å². The van der Waals surface area contributed by atoms with Crippen molar-refractivity contribution in [2.24, 2.45) is 0 Å². The Morgan fingerprint density at radius 2 is 1.35 bits per heavy atom. The number of nitrogens with zero attached hydrogens (tertiary/aromatic N) is 3. The molecule has 5 heterocycles. The molecular weight excluding hydrogens is 810 g/mol. The predicted octanol–water partition coefficient (Wildman–Crippen LogP) is 10.2. The topological polar surface area (TPSA) is 35.9 Å². The van der Waals surface area contributed by atoms with Crippen LogP contribution in [0.2, 0.25) is 0 Å². The van der Waals surface area contributed by atoms with Crippen molar-refractivity contribution in [1.29, 1.82) is 0 Å². The number of aromatic nitrogens is 3. The van der Waals surface area contributed by atoms with Gasteiger partial charge in [0, 0.05) is 0 Å². The van der Waals surface area contributed by atoms with Gasteiger partial charge in [-0.1, -0.05) is 0 Å². The predicted molar refractivity (Wildman–Crippen MR) is 213 cm³/mol. The van der Waals surface area contributed by atoms with Gasteiger partial charge < -0.3 is 0 Å². The van der Waals surface area contributed by atoms with Crippen molar-refractivity contribution >= 4 is 98.9 Å².